The summed E-state index contributed by atoms with van der Waals surface area (Å²) >= 11 is 5.39. The van der Waals surface area contributed by atoms with Gasteiger partial charge in [0.05, 0.1) is 11.6 Å². The van der Waals surface area contributed by atoms with E-state index in [1.807, 2.05) is 61.5 Å². The van der Waals surface area contributed by atoms with Gasteiger partial charge in [-0.05, 0) is 54.0 Å². The smallest absolute Gasteiger partial charge is 0.352 e. The summed E-state index contributed by atoms with van der Waals surface area (Å²) < 4.78 is 38.8. The molecule has 0 aromatic heterocycles. The van der Waals surface area contributed by atoms with Gasteiger partial charge in [-0.2, -0.15) is 13.2 Å². The first-order chi connectivity index (χ1) is 13.3. The quantitative estimate of drug-likeness (QED) is 0.518. The third kappa shape index (κ3) is 4.89. The van der Waals surface area contributed by atoms with E-state index in [0.29, 0.717) is 0 Å². The summed E-state index contributed by atoms with van der Waals surface area (Å²) in [5.74, 6) is 0. The van der Waals surface area contributed by atoms with E-state index in [4.69, 9.17) is 12.2 Å². The fourth-order valence-corrected chi connectivity index (χ4v) is 3.20. The van der Waals surface area contributed by atoms with E-state index in [2.05, 4.69) is 10.6 Å². The first-order valence-corrected chi connectivity index (χ1v) is 9.10. The van der Waals surface area contributed by atoms with Crippen molar-refractivity contribution < 1.29 is 13.2 Å². The molecule has 3 aromatic rings. The Balaban J connectivity index is 1.84. The minimum absolute atomic E-state index is 0.229. The number of alkyl halides is 3. The summed E-state index contributed by atoms with van der Waals surface area (Å²) in [6, 6.07) is 22.4. The molecule has 0 bridgehead atoms. The van der Waals surface area contributed by atoms with Crippen LogP contribution in [-0.2, 0) is 6.18 Å². The summed E-state index contributed by atoms with van der Waals surface area (Å²) in [5, 5.41) is 6.35. The second-order valence-corrected chi connectivity index (χ2v) is 6.79. The lowest BCUT2D eigenvalue weighted by Crippen LogP contribution is -2.33. The van der Waals surface area contributed by atoms with Crippen molar-refractivity contribution in [3.05, 3.63) is 101 Å². The van der Waals surface area contributed by atoms with Crippen molar-refractivity contribution in [1.82, 2.24) is 5.32 Å². The number of halogens is 3. The highest BCUT2D eigenvalue weighted by molar-refractivity contribution is 7.80. The predicted octanol–water partition coefficient (Wildman–Crippen LogP) is 6.09. The molecule has 0 aliphatic heterocycles. The van der Waals surface area contributed by atoms with E-state index >= 15 is 0 Å². The lowest BCUT2D eigenvalue weighted by molar-refractivity contribution is -0.137. The third-order valence-electron chi connectivity index (χ3n) is 4.36. The van der Waals surface area contributed by atoms with Crippen LogP contribution in [-0.4, -0.2) is 5.11 Å². The molecule has 0 amide bonds. The highest BCUT2D eigenvalue weighted by atomic mass is 32.1. The fourth-order valence-electron chi connectivity index (χ4n) is 2.97. The molecule has 144 valence electrons. The maximum atomic E-state index is 12.9. The van der Waals surface area contributed by atoms with E-state index in [1.54, 1.807) is 6.07 Å². The molecule has 0 fully saturated rings. The Labute approximate surface area is 167 Å². The minimum atomic E-state index is -4.40. The fraction of sp³-hybridized carbons (Fsp3) is 0.136. The van der Waals surface area contributed by atoms with E-state index in [0.717, 1.165) is 28.8 Å². The largest absolute Gasteiger partial charge is 0.416 e. The Morgan fingerprint density at radius 2 is 1.57 bits per heavy atom. The lowest BCUT2D eigenvalue weighted by atomic mass is 9.95. The maximum absolute atomic E-state index is 12.9. The van der Waals surface area contributed by atoms with Gasteiger partial charge in [-0.1, -0.05) is 60.7 Å². The molecule has 2 nitrogen and oxygen atoms in total. The first kappa shape index (κ1) is 19.9. The Morgan fingerprint density at radius 3 is 2.25 bits per heavy atom. The first-order valence-electron chi connectivity index (χ1n) is 8.70. The van der Waals surface area contributed by atoms with Crippen LogP contribution in [0.5, 0.6) is 0 Å². The molecular weight excluding hydrogens is 381 g/mol. The molecular formula is C22H19F3N2S. The molecule has 1 atom stereocenters. The summed E-state index contributed by atoms with van der Waals surface area (Å²) in [6.07, 6.45) is -4.40. The lowest BCUT2D eigenvalue weighted by Gasteiger charge is -2.23. The van der Waals surface area contributed by atoms with E-state index in [1.165, 1.54) is 6.07 Å². The molecule has 3 aromatic carbocycles. The van der Waals surface area contributed by atoms with Crippen molar-refractivity contribution in [2.45, 2.75) is 19.1 Å². The Bertz CT molecular complexity index is 955. The number of benzene rings is 3. The number of thiocarbonyl (C=S) groups is 1. The zero-order chi connectivity index (χ0) is 20.1. The highest BCUT2D eigenvalue weighted by Gasteiger charge is 2.30. The van der Waals surface area contributed by atoms with Crippen LogP contribution in [0.3, 0.4) is 0 Å². The topological polar surface area (TPSA) is 24.1 Å². The van der Waals surface area contributed by atoms with Gasteiger partial charge in [-0.3, -0.25) is 0 Å². The molecule has 3 rings (SSSR count). The van der Waals surface area contributed by atoms with Crippen molar-refractivity contribution >= 4 is 23.0 Å². The molecule has 0 saturated heterocycles. The van der Waals surface area contributed by atoms with Crippen LogP contribution in [0.25, 0.3) is 0 Å². The summed E-state index contributed by atoms with van der Waals surface area (Å²) in [6.45, 7) is 2.01. The third-order valence-corrected chi connectivity index (χ3v) is 4.58. The molecule has 0 saturated carbocycles. The van der Waals surface area contributed by atoms with Crippen LogP contribution < -0.4 is 10.6 Å². The molecule has 0 heterocycles. The number of hydrogen-bond donors (Lipinski definition) is 2. The number of anilines is 1. The van der Waals surface area contributed by atoms with Crippen LogP contribution in [0.15, 0.2) is 78.9 Å². The number of aryl methyl sites for hydroxylation is 1. The monoisotopic (exact) mass is 400 g/mol. The van der Waals surface area contributed by atoms with Gasteiger partial charge in [0.1, 0.15) is 0 Å². The normalized spacial score (nSPS) is 12.3. The molecule has 0 aliphatic carbocycles. The Morgan fingerprint density at radius 1 is 0.893 bits per heavy atom. The van der Waals surface area contributed by atoms with Gasteiger partial charge in [0, 0.05) is 5.69 Å². The molecule has 6 heteroatoms. The average Bonchev–Trinajstić information content (AvgIpc) is 2.67. The number of nitrogens with one attached hydrogen (secondary N) is 2. The van der Waals surface area contributed by atoms with Gasteiger partial charge in [0.25, 0.3) is 0 Å². The van der Waals surface area contributed by atoms with Gasteiger partial charge >= 0.3 is 6.18 Å². The van der Waals surface area contributed by atoms with Crippen LogP contribution >= 0.6 is 12.2 Å². The van der Waals surface area contributed by atoms with Crippen molar-refractivity contribution in [2.75, 3.05) is 5.32 Å². The van der Waals surface area contributed by atoms with Crippen molar-refractivity contribution in [3.8, 4) is 0 Å². The SMILES string of the molecule is Cc1ccccc1[C@@H](NC(=S)Nc1cccc(C(F)(F)F)c1)c1ccccc1. The number of hydrogen-bond acceptors (Lipinski definition) is 1. The standard InChI is InChI=1S/C22H19F3N2S/c1-15-8-5-6-13-19(15)20(16-9-3-2-4-10-16)27-21(28)26-18-12-7-11-17(14-18)22(23,24)25/h2-14,20H,1H3,(H2,26,27,28)/t20-/m0/s1. The zero-order valence-electron chi connectivity index (χ0n) is 15.1. The van der Waals surface area contributed by atoms with Crippen molar-refractivity contribution in [3.63, 3.8) is 0 Å². The predicted molar refractivity (Wildman–Crippen MR) is 110 cm³/mol. The van der Waals surface area contributed by atoms with E-state index in [9.17, 15) is 13.2 Å². The zero-order valence-corrected chi connectivity index (χ0v) is 15.9. The van der Waals surface area contributed by atoms with Crippen LogP contribution in [0, 0.1) is 6.92 Å². The Kier molecular flexibility index (Phi) is 5.99. The Hall–Kier alpha value is -2.86. The molecule has 2 N–H and O–H groups in total. The van der Waals surface area contributed by atoms with Crippen LogP contribution in [0.2, 0.25) is 0 Å². The van der Waals surface area contributed by atoms with Gasteiger partial charge in [0.15, 0.2) is 5.11 Å². The van der Waals surface area contributed by atoms with Gasteiger partial charge in [-0.15, -0.1) is 0 Å². The summed E-state index contributed by atoms with van der Waals surface area (Å²) in [7, 11) is 0. The van der Waals surface area contributed by atoms with Crippen molar-refractivity contribution in [1.29, 1.82) is 0 Å². The van der Waals surface area contributed by atoms with Gasteiger partial charge in [0.2, 0.25) is 0 Å². The van der Waals surface area contributed by atoms with Crippen molar-refractivity contribution in [2.24, 2.45) is 0 Å². The molecule has 0 spiro atoms. The minimum Gasteiger partial charge on any atom is -0.352 e. The highest BCUT2D eigenvalue weighted by Crippen LogP contribution is 2.31. The molecule has 0 unspecified atom stereocenters. The van der Waals surface area contributed by atoms with Gasteiger partial charge < -0.3 is 10.6 Å². The maximum Gasteiger partial charge on any atom is 0.416 e. The number of rotatable bonds is 4. The van der Waals surface area contributed by atoms with Gasteiger partial charge in [-0.25, -0.2) is 0 Å². The van der Waals surface area contributed by atoms with Crippen LogP contribution in [0.4, 0.5) is 18.9 Å². The molecule has 28 heavy (non-hydrogen) atoms. The second-order valence-electron chi connectivity index (χ2n) is 6.38. The summed E-state index contributed by atoms with van der Waals surface area (Å²) in [4.78, 5) is 0. The van der Waals surface area contributed by atoms with E-state index in [-0.39, 0.29) is 16.8 Å². The molecule has 0 aliphatic rings. The average molecular weight is 400 g/mol. The van der Waals surface area contributed by atoms with E-state index < -0.39 is 11.7 Å². The molecule has 0 radical (unpaired) electrons. The van der Waals surface area contributed by atoms with Crippen LogP contribution in [0.1, 0.15) is 28.3 Å². The summed E-state index contributed by atoms with van der Waals surface area (Å²) in [5.41, 5.74) is 2.69. The second kappa shape index (κ2) is 8.44.